The summed E-state index contributed by atoms with van der Waals surface area (Å²) in [5.41, 5.74) is 2.78. The zero-order valence-electron chi connectivity index (χ0n) is 13.6. The van der Waals surface area contributed by atoms with E-state index in [4.69, 9.17) is 9.47 Å². The van der Waals surface area contributed by atoms with Crippen molar-refractivity contribution in [3.05, 3.63) is 48.7 Å². The topological polar surface area (TPSA) is 65.0 Å². The van der Waals surface area contributed by atoms with Crippen LogP contribution in [0.25, 0.3) is 17.2 Å². The molecule has 0 saturated carbocycles. The molecule has 1 saturated heterocycles. The number of aryl methyl sites for hydroxylation is 1. The van der Waals surface area contributed by atoms with Gasteiger partial charge in [0.25, 0.3) is 0 Å². The molecular formula is C18H20N4O2. The zero-order valence-corrected chi connectivity index (χ0v) is 13.6. The van der Waals surface area contributed by atoms with Crippen LogP contribution in [-0.2, 0) is 4.74 Å². The summed E-state index contributed by atoms with van der Waals surface area (Å²) in [6.07, 6.45) is 7.75. The average molecular weight is 324 g/mol. The Bertz CT molecular complexity index is 818. The van der Waals surface area contributed by atoms with Crippen molar-refractivity contribution in [2.24, 2.45) is 0 Å². The van der Waals surface area contributed by atoms with Crippen molar-refractivity contribution in [3.8, 4) is 23.0 Å². The molecule has 0 amide bonds. The maximum absolute atomic E-state index is 6.05. The number of benzene rings is 1. The van der Waals surface area contributed by atoms with Crippen molar-refractivity contribution in [1.29, 1.82) is 0 Å². The third kappa shape index (κ3) is 2.80. The number of nitrogens with zero attached hydrogens (tertiary/aromatic N) is 3. The molecule has 1 aliphatic heterocycles. The molecular weight excluding hydrogens is 304 g/mol. The number of imidazole rings is 2. The third-order valence-corrected chi connectivity index (χ3v) is 4.26. The average Bonchev–Trinajstić information content (AvgIpc) is 3.34. The number of hydrogen-bond acceptors (Lipinski definition) is 4. The van der Waals surface area contributed by atoms with Crippen molar-refractivity contribution in [1.82, 2.24) is 19.5 Å². The largest absolute Gasteiger partial charge is 0.489 e. The summed E-state index contributed by atoms with van der Waals surface area (Å²) >= 11 is 0. The normalized spacial score (nSPS) is 17.3. The summed E-state index contributed by atoms with van der Waals surface area (Å²) in [6.45, 7) is 3.39. The molecule has 3 heterocycles. The van der Waals surface area contributed by atoms with E-state index in [1.807, 2.05) is 42.0 Å². The van der Waals surface area contributed by atoms with E-state index in [-0.39, 0.29) is 6.10 Å². The van der Waals surface area contributed by atoms with Gasteiger partial charge in [0.2, 0.25) is 0 Å². The fourth-order valence-corrected chi connectivity index (χ4v) is 2.99. The van der Waals surface area contributed by atoms with E-state index >= 15 is 0 Å². The third-order valence-electron chi connectivity index (χ3n) is 4.26. The van der Waals surface area contributed by atoms with Gasteiger partial charge in [-0.05, 0) is 31.9 Å². The summed E-state index contributed by atoms with van der Waals surface area (Å²) in [5, 5.41) is 0. The van der Waals surface area contributed by atoms with Crippen molar-refractivity contribution in [2.45, 2.75) is 25.9 Å². The lowest BCUT2D eigenvalue weighted by Crippen LogP contribution is -2.17. The van der Waals surface area contributed by atoms with Crippen LogP contribution < -0.4 is 4.74 Å². The quantitative estimate of drug-likeness (QED) is 0.783. The highest BCUT2D eigenvalue weighted by Gasteiger charge is 2.18. The van der Waals surface area contributed by atoms with Crippen LogP contribution in [0.1, 0.15) is 18.5 Å². The van der Waals surface area contributed by atoms with Crippen molar-refractivity contribution in [2.75, 3.05) is 13.2 Å². The van der Waals surface area contributed by atoms with Crippen LogP contribution >= 0.6 is 0 Å². The van der Waals surface area contributed by atoms with Crippen LogP contribution in [0.15, 0.2) is 43.0 Å². The van der Waals surface area contributed by atoms with E-state index < -0.39 is 0 Å². The predicted octanol–water partition coefficient (Wildman–Crippen LogP) is 3.13. The summed E-state index contributed by atoms with van der Waals surface area (Å²) in [6, 6.07) is 7.98. The Morgan fingerprint density at radius 1 is 1.33 bits per heavy atom. The lowest BCUT2D eigenvalue weighted by atomic mass is 10.2. The molecule has 0 aliphatic carbocycles. The molecule has 0 spiro atoms. The number of nitrogens with one attached hydrogen (secondary N) is 1. The van der Waals surface area contributed by atoms with E-state index in [0.29, 0.717) is 6.61 Å². The van der Waals surface area contributed by atoms with Crippen molar-refractivity contribution >= 4 is 0 Å². The summed E-state index contributed by atoms with van der Waals surface area (Å²) < 4.78 is 13.7. The summed E-state index contributed by atoms with van der Waals surface area (Å²) in [5.74, 6) is 1.61. The minimum Gasteiger partial charge on any atom is -0.489 e. The maximum Gasteiger partial charge on any atom is 0.165 e. The molecule has 1 fully saturated rings. The lowest BCUT2D eigenvalue weighted by Gasteiger charge is -2.16. The number of aromatic amines is 1. The Morgan fingerprint density at radius 2 is 2.25 bits per heavy atom. The molecule has 1 atom stereocenters. The van der Waals surface area contributed by atoms with E-state index in [2.05, 4.69) is 15.0 Å². The summed E-state index contributed by atoms with van der Waals surface area (Å²) in [4.78, 5) is 12.0. The maximum atomic E-state index is 6.05. The van der Waals surface area contributed by atoms with Gasteiger partial charge in [-0.3, -0.25) is 4.57 Å². The Kier molecular flexibility index (Phi) is 4.04. The van der Waals surface area contributed by atoms with E-state index in [1.165, 1.54) is 0 Å². The SMILES string of the molecule is Cc1[nH]cnc1-c1nccn1-c1ccccc1OCC1CCCO1. The second-order valence-electron chi connectivity index (χ2n) is 5.91. The van der Waals surface area contributed by atoms with Gasteiger partial charge >= 0.3 is 0 Å². The molecule has 6 nitrogen and oxygen atoms in total. The number of H-pyrrole nitrogens is 1. The highest BCUT2D eigenvalue weighted by atomic mass is 16.5. The Hall–Kier alpha value is -2.60. The van der Waals surface area contributed by atoms with E-state index in [1.54, 1.807) is 12.5 Å². The smallest absolute Gasteiger partial charge is 0.165 e. The first kappa shape index (κ1) is 15.0. The number of hydrogen-bond donors (Lipinski definition) is 1. The van der Waals surface area contributed by atoms with Crippen molar-refractivity contribution in [3.63, 3.8) is 0 Å². The van der Waals surface area contributed by atoms with Gasteiger partial charge in [0, 0.05) is 24.7 Å². The number of ether oxygens (including phenoxy) is 2. The van der Waals surface area contributed by atoms with Gasteiger partial charge in [0.05, 0.1) is 18.1 Å². The minimum atomic E-state index is 0.189. The lowest BCUT2D eigenvalue weighted by molar-refractivity contribution is 0.0679. The van der Waals surface area contributed by atoms with Crippen LogP contribution in [0.5, 0.6) is 5.75 Å². The van der Waals surface area contributed by atoms with Crippen molar-refractivity contribution < 1.29 is 9.47 Å². The number of para-hydroxylation sites is 2. The Balaban J connectivity index is 1.65. The molecule has 1 unspecified atom stereocenters. The molecule has 1 aliphatic rings. The van der Waals surface area contributed by atoms with Crippen LogP contribution in [-0.4, -0.2) is 38.8 Å². The van der Waals surface area contributed by atoms with E-state index in [0.717, 1.165) is 48.1 Å². The van der Waals surface area contributed by atoms with Crippen LogP contribution in [0.4, 0.5) is 0 Å². The first-order valence-electron chi connectivity index (χ1n) is 8.20. The first-order valence-corrected chi connectivity index (χ1v) is 8.20. The number of rotatable bonds is 5. The monoisotopic (exact) mass is 324 g/mol. The fraction of sp³-hybridized carbons (Fsp3) is 0.333. The van der Waals surface area contributed by atoms with Gasteiger partial charge in [-0.25, -0.2) is 9.97 Å². The second-order valence-corrected chi connectivity index (χ2v) is 5.91. The summed E-state index contributed by atoms with van der Waals surface area (Å²) in [7, 11) is 0. The van der Waals surface area contributed by atoms with Crippen LogP contribution in [0.2, 0.25) is 0 Å². The van der Waals surface area contributed by atoms with Gasteiger partial charge in [-0.2, -0.15) is 0 Å². The molecule has 124 valence electrons. The second kappa shape index (κ2) is 6.49. The fourth-order valence-electron chi connectivity index (χ4n) is 2.99. The zero-order chi connectivity index (χ0) is 16.4. The molecule has 4 rings (SSSR count). The minimum absolute atomic E-state index is 0.189. The van der Waals surface area contributed by atoms with Crippen LogP contribution in [0.3, 0.4) is 0 Å². The standard InChI is InChI=1S/C18H20N4O2/c1-13-17(21-12-20-13)18-19-8-9-22(18)15-6-2-3-7-16(15)24-11-14-5-4-10-23-14/h2-3,6-9,12,14H,4-5,10-11H2,1H3,(H,20,21). The van der Waals surface area contributed by atoms with Gasteiger partial charge in [0.1, 0.15) is 18.1 Å². The van der Waals surface area contributed by atoms with Crippen LogP contribution in [0, 0.1) is 6.92 Å². The van der Waals surface area contributed by atoms with Gasteiger partial charge in [0.15, 0.2) is 5.82 Å². The molecule has 24 heavy (non-hydrogen) atoms. The van der Waals surface area contributed by atoms with Gasteiger partial charge in [-0.15, -0.1) is 0 Å². The molecule has 0 bridgehead atoms. The molecule has 1 N–H and O–H groups in total. The first-order chi connectivity index (χ1) is 11.8. The number of aromatic nitrogens is 4. The predicted molar refractivity (Wildman–Crippen MR) is 90.4 cm³/mol. The van der Waals surface area contributed by atoms with E-state index in [9.17, 15) is 0 Å². The van der Waals surface area contributed by atoms with Gasteiger partial charge in [-0.1, -0.05) is 12.1 Å². The Morgan fingerprint density at radius 3 is 3.04 bits per heavy atom. The highest BCUT2D eigenvalue weighted by Crippen LogP contribution is 2.28. The molecule has 0 radical (unpaired) electrons. The molecule has 3 aromatic rings. The highest BCUT2D eigenvalue weighted by molar-refractivity contribution is 5.59. The molecule has 6 heteroatoms. The Labute approximate surface area is 140 Å². The molecule has 1 aromatic carbocycles. The van der Waals surface area contributed by atoms with Gasteiger partial charge < -0.3 is 14.5 Å². The molecule has 2 aromatic heterocycles.